The number of allylic oxidation sites excluding steroid dienone is 1. The van der Waals surface area contributed by atoms with Crippen LogP contribution in [0, 0.1) is 5.92 Å². The largest absolute Gasteiger partial charge is 0.0950 e. The van der Waals surface area contributed by atoms with Crippen LogP contribution in [-0.2, 0) is 0 Å². The van der Waals surface area contributed by atoms with Crippen molar-refractivity contribution in [2.75, 3.05) is 0 Å². The van der Waals surface area contributed by atoms with Crippen LogP contribution < -0.4 is 5.19 Å². The van der Waals surface area contributed by atoms with Gasteiger partial charge in [0.1, 0.15) is 0 Å². The van der Waals surface area contributed by atoms with Gasteiger partial charge in [-0.15, -0.1) is 0 Å². The van der Waals surface area contributed by atoms with Crippen molar-refractivity contribution in [3.63, 3.8) is 0 Å². The Kier molecular flexibility index (Phi) is 3.08. The molecule has 0 aromatic heterocycles. The molecule has 2 aromatic rings. The van der Waals surface area contributed by atoms with E-state index in [2.05, 4.69) is 53.2 Å². The topological polar surface area (TPSA) is 0 Å². The van der Waals surface area contributed by atoms with Gasteiger partial charge in [0.05, 0.1) is 10.2 Å². The minimum atomic E-state index is 0.706. The smallest absolute Gasteiger partial charge is 0.0712 e. The van der Waals surface area contributed by atoms with Crippen LogP contribution in [0.4, 0.5) is 0 Å². The molecule has 89 valence electrons. The number of rotatable bonds is 2. The maximum atomic E-state index is 4.32. The van der Waals surface area contributed by atoms with Gasteiger partial charge in [0.15, 0.2) is 0 Å². The summed E-state index contributed by atoms with van der Waals surface area (Å²) in [6.07, 6.45) is 5.36. The predicted molar refractivity (Wildman–Crippen MR) is 80.3 cm³/mol. The molecule has 0 saturated heterocycles. The van der Waals surface area contributed by atoms with E-state index in [0.717, 1.165) is 5.19 Å². The molecular formula is C17H17Si. The van der Waals surface area contributed by atoms with Gasteiger partial charge in [-0.2, -0.15) is 0 Å². The van der Waals surface area contributed by atoms with Crippen LogP contribution >= 0.6 is 0 Å². The lowest BCUT2D eigenvalue weighted by molar-refractivity contribution is 0.708. The summed E-state index contributed by atoms with van der Waals surface area (Å²) in [5.74, 6) is 0.706. The number of fused-ring (bicyclic) bond motifs is 1. The highest BCUT2D eigenvalue weighted by Gasteiger charge is 2.18. The van der Waals surface area contributed by atoms with Crippen molar-refractivity contribution in [3.8, 4) is 0 Å². The first-order chi connectivity index (χ1) is 8.74. The standard InChI is InChI=1S/C17H17Si/c1-12(13-4-2-3-5-13)14-6-7-16-11-17(18)9-8-15(16)10-14/h6-11,13H,1-5H2. The summed E-state index contributed by atoms with van der Waals surface area (Å²) in [5.41, 5.74) is 2.65. The van der Waals surface area contributed by atoms with Crippen LogP contribution in [0.1, 0.15) is 31.2 Å². The first-order valence-corrected chi connectivity index (χ1v) is 7.18. The molecule has 0 N–H and O–H groups in total. The molecule has 18 heavy (non-hydrogen) atoms. The molecule has 1 fully saturated rings. The summed E-state index contributed by atoms with van der Waals surface area (Å²) in [6, 6.07) is 13.1. The highest BCUT2D eigenvalue weighted by Crippen LogP contribution is 2.36. The maximum Gasteiger partial charge on any atom is 0.0712 e. The van der Waals surface area contributed by atoms with Crippen LogP contribution in [0.15, 0.2) is 43.0 Å². The van der Waals surface area contributed by atoms with E-state index in [4.69, 9.17) is 0 Å². The molecule has 2 aromatic carbocycles. The van der Waals surface area contributed by atoms with Crippen molar-refractivity contribution >= 4 is 31.8 Å². The average Bonchev–Trinajstić information content (AvgIpc) is 2.91. The lowest BCUT2D eigenvalue weighted by Gasteiger charge is -2.14. The van der Waals surface area contributed by atoms with Gasteiger partial charge in [-0.25, -0.2) is 0 Å². The molecule has 1 aliphatic carbocycles. The fourth-order valence-electron chi connectivity index (χ4n) is 2.96. The molecule has 0 heterocycles. The molecule has 1 aliphatic rings. The van der Waals surface area contributed by atoms with Gasteiger partial charge in [-0.05, 0) is 46.7 Å². The molecule has 0 aliphatic heterocycles. The second-order valence-electron chi connectivity index (χ2n) is 5.28. The Morgan fingerprint density at radius 2 is 1.67 bits per heavy atom. The Labute approximate surface area is 112 Å². The van der Waals surface area contributed by atoms with E-state index in [0.29, 0.717) is 5.92 Å². The second kappa shape index (κ2) is 4.73. The average molecular weight is 249 g/mol. The predicted octanol–water partition coefficient (Wildman–Crippen LogP) is 3.84. The minimum absolute atomic E-state index is 0.706. The van der Waals surface area contributed by atoms with Crippen molar-refractivity contribution < 1.29 is 0 Å². The van der Waals surface area contributed by atoms with E-state index in [9.17, 15) is 0 Å². The fourth-order valence-corrected chi connectivity index (χ4v) is 3.19. The minimum Gasteiger partial charge on any atom is -0.0950 e. The van der Waals surface area contributed by atoms with Crippen LogP contribution in [0.3, 0.4) is 0 Å². The number of benzene rings is 2. The zero-order chi connectivity index (χ0) is 12.5. The Bertz CT molecular complexity index is 592. The van der Waals surface area contributed by atoms with Crippen LogP contribution in [-0.4, -0.2) is 10.2 Å². The van der Waals surface area contributed by atoms with Crippen molar-refractivity contribution in [1.82, 2.24) is 0 Å². The Hall–Kier alpha value is -1.34. The van der Waals surface area contributed by atoms with Crippen LogP contribution in [0.25, 0.3) is 16.3 Å². The molecule has 0 unspecified atom stereocenters. The molecule has 3 radical (unpaired) electrons. The lowest BCUT2D eigenvalue weighted by atomic mass is 9.91. The summed E-state index contributed by atoms with van der Waals surface area (Å²) < 4.78 is 0. The summed E-state index contributed by atoms with van der Waals surface area (Å²) >= 11 is 0. The molecule has 1 heteroatoms. The molecule has 1 saturated carbocycles. The van der Waals surface area contributed by atoms with Gasteiger partial charge < -0.3 is 0 Å². The summed E-state index contributed by atoms with van der Waals surface area (Å²) in [6.45, 7) is 4.32. The van der Waals surface area contributed by atoms with Crippen molar-refractivity contribution in [2.24, 2.45) is 5.92 Å². The van der Waals surface area contributed by atoms with Gasteiger partial charge in [-0.3, -0.25) is 0 Å². The molecule has 0 nitrogen and oxygen atoms in total. The highest BCUT2D eigenvalue weighted by atomic mass is 28.1. The van der Waals surface area contributed by atoms with Gasteiger partial charge in [-0.1, -0.05) is 54.9 Å². The summed E-state index contributed by atoms with van der Waals surface area (Å²) in [5, 5.41) is 3.71. The van der Waals surface area contributed by atoms with Gasteiger partial charge in [0.25, 0.3) is 0 Å². The van der Waals surface area contributed by atoms with Crippen molar-refractivity contribution in [1.29, 1.82) is 0 Å². The quantitative estimate of drug-likeness (QED) is 0.709. The molecule has 0 amide bonds. The summed E-state index contributed by atoms with van der Waals surface area (Å²) in [4.78, 5) is 0. The van der Waals surface area contributed by atoms with Gasteiger partial charge in [0, 0.05) is 0 Å². The highest BCUT2D eigenvalue weighted by molar-refractivity contribution is 6.33. The van der Waals surface area contributed by atoms with Crippen LogP contribution in [0.2, 0.25) is 0 Å². The first kappa shape index (κ1) is 11.7. The zero-order valence-electron chi connectivity index (χ0n) is 10.6. The third-order valence-electron chi connectivity index (χ3n) is 4.06. The zero-order valence-corrected chi connectivity index (χ0v) is 11.6. The number of hydrogen-bond donors (Lipinski definition) is 0. The monoisotopic (exact) mass is 249 g/mol. The fraction of sp³-hybridized carbons (Fsp3) is 0.294. The van der Waals surface area contributed by atoms with Gasteiger partial charge >= 0.3 is 0 Å². The summed E-state index contributed by atoms with van der Waals surface area (Å²) in [7, 11) is 3.57. The normalized spacial score (nSPS) is 16.3. The van der Waals surface area contributed by atoms with E-state index < -0.39 is 0 Å². The van der Waals surface area contributed by atoms with E-state index in [-0.39, 0.29) is 0 Å². The first-order valence-electron chi connectivity index (χ1n) is 6.68. The lowest BCUT2D eigenvalue weighted by Crippen LogP contribution is -2.00. The van der Waals surface area contributed by atoms with E-state index >= 15 is 0 Å². The Morgan fingerprint density at radius 3 is 2.44 bits per heavy atom. The second-order valence-corrected chi connectivity index (χ2v) is 5.86. The SMILES string of the molecule is C=C(c1ccc2cc([Si])ccc2c1)C1CCCC1. The van der Waals surface area contributed by atoms with E-state index in [1.165, 1.54) is 47.6 Å². The Balaban J connectivity index is 1.97. The van der Waals surface area contributed by atoms with E-state index in [1.54, 1.807) is 0 Å². The van der Waals surface area contributed by atoms with Crippen molar-refractivity contribution in [2.45, 2.75) is 25.7 Å². The van der Waals surface area contributed by atoms with Crippen molar-refractivity contribution in [3.05, 3.63) is 48.5 Å². The molecular weight excluding hydrogens is 232 g/mol. The molecule has 0 spiro atoms. The van der Waals surface area contributed by atoms with Crippen LogP contribution in [0.5, 0.6) is 0 Å². The van der Waals surface area contributed by atoms with E-state index in [1.807, 2.05) is 0 Å². The molecule has 0 bridgehead atoms. The Morgan fingerprint density at radius 1 is 1.00 bits per heavy atom. The molecule has 3 rings (SSSR count). The third kappa shape index (κ3) is 2.15. The van der Waals surface area contributed by atoms with Gasteiger partial charge in [0.2, 0.25) is 0 Å². The number of hydrogen-bond acceptors (Lipinski definition) is 0. The maximum absolute atomic E-state index is 4.32. The molecule has 0 atom stereocenters. The third-order valence-corrected chi connectivity index (χ3v) is 4.37.